The summed E-state index contributed by atoms with van der Waals surface area (Å²) < 4.78 is 0. The number of H-pyrrole nitrogens is 2. The Morgan fingerprint density at radius 1 is 0.439 bits per heavy atom. The van der Waals surface area contributed by atoms with Crippen LogP contribution >= 0.6 is 0 Å². The van der Waals surface area contributed by atoms with Gasteiger partial charge in [0.25, 0.3) is 0 Å². The first-order valence-corrected chi connectivity index (χ1v) is 27.1. The van der Waals surface area contributed by atoms with Gasteiger partial charge < -0.3 is 41.0 Å². The Bertz CT molecular complexity index is 3410. The lowest BCUT2D eigenvalue weighted by Gasteiger charge is -2.19. The van der Waals surface area contributed by atoms with Gasteiger partial charge in [-0.15, -0.1) is 0 Å². The largest absolute Gasteiger partial charge is 0.355 e. The maximum atomic E-state index is 13.0. The number of ketones is 2. The molecular weight excluding hydrogens is 1020 g/mol. The van der Waals surface area contributed by atoms with Gasteiger partial charge in [0.1, 0.15) is 0 Å². The molecule has 2 aliphatic rings. The second-order valence-electron chi connectivity index (χ2n) is 21.0. The molecule has 10 rings (SSSR count). The highest BCUT2D eigenvalue weighted by Crippen LogP contribution is 2.32. The Morgan fingerprint density at radius 2 is 0.768 bits per heavy atom. The molecule has 82 heavy (non-hydrogen) atoms. The fourth-order valence-electron chi connectivity index (χ4n) is 9.85. The second kappa shape index (κ2) is 31.6. The van der Waals surface area contributed by atoms with Crippen LogP contribution in [0.5, 0.6) is 0 Å². The van der Waals surface area contributed by atoms with E-state index in [9.17, 15) is 28.8 Å². The van der Waals surface area contributed by atoms with Crippen molar-refractivity contribution in [3.8, 4) is 0 Å². The van der Waals surface area contributed by atoms with Crippen molar-refractivity contribution in [3.63, 3.8) is 0 Å². The molecule has 0 atom stereocenters. The van der Waals surface area contributed by atoms with E-state index in [1.807, 2.05) is 167 Å². The number of benzene rings is 6. The first-order chi connectivity index (χ1) is 37.3. The van der Waals surface area contributed by atoms with Gasteiger partial charge in [-0.3, -0.25) is 28.8 Å². The van der Waals surface area contributed by atoms with E-state index in [-0.39, 0.29) is 63.9 Å². The van der Waals surface area contributed by atoms with Crippen molar-refractivity contribution in [1.29, 1.82) is 0 Å². The molecule has 14 nitrogen and oxygen atoms in total. The zero-order chi connectivity index (χ0) is 56.2. The molecule has 2 heterocycles. The van der Waals surface area contributed by atoms with E-state index in [0.29, 0.717) is 71.7 Å². The van der Waals surface area contributed by atoms with Gasteiger partial charge >= 0.3 is 0 Å². The quantitative estimate of drug-likeness (QED) is 0.0452. The van der Waals surface area contributed by atoms with Crippen LogP contribution in [0.2, 0.25) is 0 Å². The topological polar surface area (TPSA) is 189 Å². The molecule has 8 aromatic rings. The Kier molecular flexibility index (Phi) is 26.4. The number of hydrogen-bond donors (Lipinski definition) is 6. The molecule has 440 valence electrons. The third kappa shape index (κ3) is 17.2. The van der Waals surface area contributed by atoms with Crippen molar-refractivity contribution in [2.24, 2.45) is 0 Å². The molecule has 0 radical (unpaired) electrons. The first kappa shape index (κ1) is 68.7. The standard InChI is InChI=1S/2C23H17NO2.2C9H21N3O.4CH4/c2*1-12-3-5-14-9-15-10-19-21(11-17(15)22(25)16(14)7-12)24-20-6-4-13(2)8-18(20)23(19)26;2*1-4-11-9(13)8-10-6-5-7-12(2)3;;;;/h2*3-8,10-11H,9H2,1-2H3,(H,24,26);2*10H,4-8H2,1-3H3,(H,11,13);4*1H4. The number of aromatic nitrogens is 2. The SMILES string of the molecule is C.C.C.C.CCNC(=O)CNCCCN(C)C.CCNC(=O)CNCCCN(C)C.Cc1ccc2c(c1)C(=O)c1cc3[nH]c4ccc(C)cc4c(=O)c3cc1C2.Cc1ccc2c(c1)C(=O)c1cc3[nH]c4ccc(C)cc4c(=O)c3cc1C2. The average molecular weight is 1120 g/mol. The van der Waals surface area contributed by atoms with Gasteiger partial charge in [-0.05, 0) is 205 Å². The summed E-state index contributed by atoms with van der Waals surface area (Å²) in [5.74, 6) is 0.230. The van der Waals surface area contributed by atoms with Crippen molar-refractivity contribution in [2.75, 3.05) is 80.5 Å². The van der Waals surface area contributed by atoms with E-state index < -0.39 is 0 Å². The average Bonchev–Trinajstić information content (AvgIpc) is 3.55. The van der Waals surface area contributed by atoms with Gasteiger partial charge in [-0.25, -0.2) is 0 Å². The first-order valence-electron chi connectivity index (χ1n) is 27.1. The van der Waals surface area contributed by atoms with E-state index in [1.165, 1.54) is 0 Å². The van der Waals surface area contributed by atoms with Crippen molar-refractivity contribution in [2.45, 2.75) is 96.9 Å². The number of aromatic amines is 2. The smallest absolute Gasteiger partial charge is 0.233 e. The summed E-state index contributed by atoms with van der Waals surface area (Å²) in [6.07, 6.45) is 3.51. The molecule has 0 saturated heterocycles. The van der Waals surface area contributed by atoms with Gasteiger partial charge in [0.15, 0.2) is 22.4 Å². The molecule has 0 saturated carbocycles. The van der Waals surface area contributed by atoms with Crippen LogP contribution in [-0.4, -0.2) is 124 Å². The minimum atomic E-state index is 0. The number of rotatable bonds is 14. The fraction of sp³-hybridized carbons (Fsp3) is 0.382. The highest BCUT2D eigenvalue weighted by Gasteiger charge is 2.26. The summed E-state index contributed by atoms with van der Waals surface area (Å²) in [6.45, 7) is 18.0. The zero-order valence-electron chi connectivity index (χ0n) is 47.1. The van der Waals surface area contributed by atoms with Crippen LogP contribution in [0.3, 0.4) is 0 Å². The van der Waals surface area contributed by atoms with Crippen molar-refractivity contribution in [3.05, 3.63) is 184 Å². The number of pyridine rings is 2. The normalized spacial score (nSPS) is 11.6. The van der Waals surface area contributed by atoms with E-state index >= 15 is 0 Å². The summed E-state index contributed by atoms with van der Waals surface area (Å²) in [4.78, 5) is 84.8. The fourth-order valence-corrected chi connectivity index (χ4v) is 9.85. The molecule has 0 fully saturated rings. The van der Waals surface area contributed by atoms with Crippen LogP contribution < -0.4 is 32.1 Å². The molecule has 0 unspecified atom stereocenters. The second-order valence-corrected chi connectivity index (χ2v) is 21.0. The van der Waals surface area contributed by atoms with Gasteiger partial charge in [0.2, 0.25) is 11.8 Å². The highest BCUT2D eigenvalue weighted by molar-refractivity contribution is 6.15. The lowest BCUT2D eigenvalue weighted by atomic mass is 9.83. The molecule has 0 aliphatic heterocycles. The summed E-state index contributed by atoms with van der Waals surface area (Å²) in [5, 5.41) is 14.3. The van der Waals surface area contributed by atoms with Crippen LogP contribution in [0.25, 0.3) is 43.6 Å². The number of carbonyl (C=O) groups is 4. The van der Waals surface area contributed by atoms with Crippen molar-refractivity contribution >= 4 is 67.0 Å². The number of hydrogen-bond acceptors (Lipinski definition) is 10. The molecule has 6 N–H and O–H groups in total. The third-order valence-electron chi connectivity index (χ3n) is 13.9. The van der Waals surface area contributed by atoms with Crippen LogP contribution in [-0.2, 0) is 22.4 Å². The maximum Gasteiger partial charge on any atom is 0.233 e. The van der Waals surface area contributed by atoms with Crippen LogP contribution in [0, 0.1) is 27.7 Å². The van der Waals surface area contributed by atoms with Gasteiger partial charge in [-0.2, -0.15) is 0 Å². The maximum absolute atomic E-state index is 13.0. The predicted molar refractivity (Wildman–Crippen MR) is 345 cm³/mol. The number of likely N-dealkylation sites (N-methyl/N-ethyl adjacent to an activating group) is 2. The van der Waals surface area contributed by atoms with Crippen molar-refractivity contribution in [1.82, 2.24) is 41.0 Å². The molecule has 14 heteroatoms. The molecule has 2 aromatic heterocycles. The molecule has 2 aliphatic carbocycles. The summed E-state index contributed by atoms with van der Waals surface area (Å²) in [7, 11) is 8.18. The zero-order valence-corrected chi connectivity index (χ0v) is 47.1. The minimum Gasteiger partial charge on any atom is -0.355 e. The Labute approximate surface area is 486 Å². The highest BCUT2D eigenvalue weighted by atomic mass is 16.2. The van der Waals surface area contributed by atoms with Crippen LogP contribution in [0.15, 0.2) is 107 Å². The van der Waals surface area contributed by atoms with E-state index in [2.05, 4.69) is 41.0 Å². The lowest BCUT2D eigenvalue weighted by Crippen LogP contribution is -2.34. The summed E-state index contributed by atoms with van der Waals surface area (Å²) in [6, 6.07) is 31.1. The van der Waals surface area contributed by atoms with Crippen LogP contribution in [0.4, 0.5) is 0 Å². The Hall–Kier alpha value is -7.62. The van der Waals surface area contributed by atoms with E-state index in [1.54, 1.807) is 0 Å². The molecule has 2 amide bonds. The molecule has 0 spiro atoms. The number of amides is 2. The molecule has 0 bridgehead atoms. The Balaban J connectivity index is 0.000000298. The van der Waals surface area contributed by atoms with E-state index in [4.69, 9.17) is 0 Å². The molecule has 6 aromatic carbocycles. The number of carbonyl (C=O) groups excluding carboxylic acids is 4. The van der Waals surface area contributed by atoms with Crippen LogP contribution in [0.1, 0.15) is 133 Å². The van der Waals surface area contributed by atoms with Gasteiger partial charge in [0.05, 0.1) is 24.1 Å². The number of nitrogens with zero attached hydrogens (tertiary/aromatic N) is 2. The predicted octanol–water partition coefficient (Wildman–Crippen LogP) is 10.7. The lowest BCUT2D eigenvalue weighted by molar-refractivity contribution is -0.120. The molecular formula is C68H92N8O6. The Morgan fingerprint density at radius 3 is 1.12 bits per heavy atom. The van der Waals surface area contributed by atoms with Crippen molar-refractivity contribution < 1.29 is 19.2 Å². The van der Waals surface area contributed by atoms with Gasteiger partial charge in [-0.1, -0.05) is 88.4 Å². The summed E-state index contributed by atoms with van der Waals surface area (Å²) in [5.41, 5.74) is 14.2. The number of fused-ring (bicyclic) bond motifs is 8. The minimum absolute atomic E-state index is 0. The number of nitrogens with one attached hydrogen (secondary N) is 6. The third-order valence-corrected chi connectivity index (χ3v) is 13.9. The monoisotopic (exact) mass is 1120 g/mol. The number of aryl methyl sites for hydroxylation is 4. The summed E-state index contributed by atoms with van der Waals surface area (Å²) >= 11 is 0. The van der Waals surface area contributed by atoms with E-state index in [0.717, 1.165) is 117 Å². The van der Waals surface area contributed by atoms with Gasteiger partial charge in [0, 0.05) is 67.9 Å².